The van der Waals surface area contributed by atoms with Gasteiger partial charge in [0.25, 0.3) is 0 Å². The molecule has 178 valence electrons. The first-order chi connectivity index (χ1) is 17.4. The van der Waals surface area contributed by atoms with E-state index in [0.717, 1.165) is 16.5 Å². The molecule has 6 rings (SSSR count). The first kappa shape index (κ1) is 21.3. The van der Waals surface area contributed by atoms with Crippen molar-refractivity contribution >= 4 is 33.7 Å². The minimum atomic E-state index is -1.05. The third-order valence-corrected chi connectivity index (χ3v) is 6.14. The molecule has 13 heteroatoms. The number of aromatic nitrogens is 10. The average molecular weight is 481 g/mol. The van der Waals surface area contributed by atoms with Crippen molar-refractivity contribution in [3.05, 3.63) is 66.6 Å². The highest BCUT2D eigenvalue weighted by atomic mass is 16.4. The van der Waals surface area contributed by atoms with Gasteiger partial charge in [0.05, 0.1) is 46.8 Å². The largest absolute Gasteiger partial charge is 0.478 e. The minimum absolute atomic E-state index is 0.117. The molecule has 13 nitrogen and oxygen atoms in total. The topological polar surface area (TPSA) is 168 Å². The number of hydrogen-bond donors (Lipinski definition) is 2. The summed E-state index contributed by atoms with van der Waals surface area (Å²) in [6, 6.07) is 6.17. The maximum Gasteiger partial charge on any atom is 0.337 e. The number of para-hydroxylation sites is 1. The van der Waals surface area contributed by atoms with Crippen LogP contribution in [0.2, 0.25) is 0 Å². The molecule has 0 radical (unpaired) electrons. The maximum atomic E-state index is 11.7. The van der Waals surface area contributed by atoms with Gasteiger partial charge in [-0.15, -0.1) is 5.10 Å². The summed E-state index contributed by atoms with van der Waals surface area (Å²) in [6.45, 7) is 1.90. The zero-order valence-electron chi connectivity index (χ0n) is 19.2. The Morgan fingerprint density at radius 3 is 2.81 bits per heavy atom. The van der Waals surface area contributed by atoms with Crippen LogP contribution in [0.4, 0.5) is 5.82 Å². The third-order valence-electron chi connectivity index (χ3n) is 6.14. The summed E-state index contributed by atoms with van der Waals surface area (Å²) in [4.78, 5) is 24.7. The van der Waals surface area contributed by atoms with Crippen molar-refractivity contribution in [2.45, 2.75) is 13.0 Å². The van der Waals surface area contributed by atoms with E-state index in [4.69, 9.17) is 10.8 Å². The van der Waals surface area contributed by atoms with Gasteiger partial charge in [0.1, 0.15) is 23.5 Å². The molecule has 0 spiro atoms. The van der Waals surface area contributed by atoms with E-state index in [2.05, 4.69) is 30.4 Å². The van der Waals surface area contributed by atoms with Gasteiger partial charge in [-0.25, -0.2) is 24.1 Å². The fourth-order valence-electron chi connectivity index (χ4n) is 4.27. The Kier molecular flexibility index (Phi) is 4.71. The molecular formula is C23H19N11O2. The van der Waals surface area contributed by atoms with Gasteiger partial charge in [0.2, 0.25) is 0 Å². The van der Waals surface area contributed by atoms with E-state index in [1.165, 1.54) is 17.1 Å². The molecule has 1 aromatic carbocycles. The second-order valence-corrected chi connectivity index (χ2v) is 8.22. The van der Waals surface area contributed by atoms with Gasteiger partial charge in [0, 0.05) is 24.2 Å². The number of benzene rings is 1. The quantitative estimate of drug-likeness (QED) is 0.372. The van der Waals surface area contributed by atoms with E-state index < -0.39 is 12.0 Å². The van der Waals surface area contributed by atoms with Crippen molar-refractivity contribution in [1.29, 1.82) is 0 Å². The first-order valence-corrected chi connectivity index (χ1v) is 10.9. The summed E-state index contributed by atoms with van der Waals surface area (Å²) in [5.74, 6) is -0.767. The fourth-order valence-corrected chi connectivity index (χ4v) is 4.27. The molecule has 5 aromatic heterocycles. The van der Waals surface area contributed by atoms with Gasteiger partial charge in [-0.3, -0.25) is 9.67 Å². The Hall–Kier alpha value is -5.20. The second-order valence-electron chi connectivity index (χ2n) is 8.22. The van der Waals surface area contributed by atoms with Crippen molar-refractivity contribution in [3.63, 3.8) is 0 Å². The van der Waals surface area contributed by atoms with Crippen LogP contribution < -0.4 is 5.73 Å². The predicted octanol–water partition coefficient (Wildman–Crippen LogP) is 2.25. The number of nitrogens with zero attached hydrogens (tertiary/aromatic N) is 10. The van der Waals surface area contributed by atoms with E-state index in [-0.39, 0.29) is 11.4 Å². The lowest BCUT2D eigenvalue weighted by Gasteiger charge is -2.09. The van der Waals surface area contributed by atoms with Crippen molar-refractivity contribution in [1.82, 2.24) is 49.5 Å². The molecule has 0 amide bonds. The van der Waals surface area contributed by atoms with Crippen LogP contribution in [0.15, 0.2) is 55.4 Å². The van der Waals surface area contributed by atoms with Crippen molar-refractivity contribution in [3.8, 4) is 16.9 Å². The Morgan fingerprint density at radius 2 is 1.97 bits per heavy atom. The van der Waals surface area contributed by atoms with Crippen LogP contribution in [0.5, 0.6) is 0 Å². The number of anilines is 1. The van der Waals surface area contributed by atoms with E-state index in [1.54, 1.807) is 52.4 Å². The van der Waals surface area contributed by atoms with Crippen LogP contribution in [0.3, 0.4) is 0 Å². The molecule has 0 bridgehead atoms. The number of carboxylic acid groups (broad SMARTS) is 1. The average Bonchev–Trinajstić information content (AvgIpc) is 3.62. The Bertz CT molecular complexity index is 1780. The van der Waals surface area contributed by atoms with Gasteiger partial charge < -0.3 is 10.8 Å². The standard InChI is InChI=1S/C23H19N11O2/c1-12(16-10-33(31-29-16)17-6-4-3-5-13(17)23(35)36)34-22-19(21(24)26-11-27-22)20(30-34)15-7-25-9-18-14(15)8-28-32(18)2/h3-12H,1-2H3,(H,35,36)(H2,24,26,27). The minimum Gasteiger partial charge on any atom is -0.478 e. The molecular weight excluding hydrogens is 462 g/mol. The van der Waals surface area contributed by atoms with E-state index in [9.17, 15) is 9.90 Å². The van der Waals surface area contributed by atoms with Crippen molar-refractivity contribution in [2.75, 3.05) is 5.73 Å². The molecule has 0 saturated heterocycles. The Morgan fingerprint density at radius 1 is 1.14 bits per heavy atom. The molecule has 6 aromatic rings. The van der Waals surface area contributed by atoms with Crippen LogP contribution in [-0.2, 0) is 7.05 Å². The molecule has 0 aliphatic rings. The number of rotatable bonds is 5. The molecule has 3 N–H and O–H groups in total. The van der Waals surface area contributed by atoms with Gasteiger partial charge in [-0.05, 0) is 19.1 Å². The summed E-state index contributed by atoms with van der Waals surface area (Å²) in [5, 5.41) is 28.7. The lowest BCUT2D eigenvalue weighted by molar-refractivity contribution is 0.0696. The van der Waals surface area contributed by atoms with E-state index >= 15 is 0 Å². The highest BCUT2D eigenvalue weighted by molar-refractivity contribution is 6.04. The van der Waals surface area contributed by atoms with Gasteiger partial charge in [-0.2, -0.15) is 10.2 Å². The monoisotopic (exact) mass is 481 g/mol. The molecule has 0 aliphatic heterocycles. The van der Waals surface area contributed by atoms with Crippen LogP contribution >= 0.6 is 0 Å². The summed E-state index contributed by atoms with van der Waals surface area (Å²) in [7, 11) is 1.84. The molecule has 0 saturated carbocycles. The van der Waals surface area contributed by atoms with Crippen molar-refractivity contribution in [2.24, 2.45) is 7.05 Å². The number of pyridine rings is 1. The molecule has 0 fully saturated rings. The molecule has 5 heterocycles. The smallest absolute Gasteiger partial charge is 0.337 e. The normalized spacial score (nSPS) is 12.4. The van der Waals surface area contributed by atoms with Crippen molar-refractivity contribution < 1.29 is 9.90 Å². The summed E-state index contributed by atoms with van der Waals surface area (Å²) < 4.78 is 4.88. The fraction of sp³-hybridized carbons (Fsp3) is 0.130. The molecule has 1 unspecified atom stereocenters. The summed E-state index contributed by atoms with van der Waals surface area (Å²) in [6.07, 6.45) is 8.27. The van der Waals surface area contributed by atoms with Crippen LogP contribution in [-0.4, -0.2) is 60.6 Å². The van der Waals surface area contributed by atoms with E-state index in [0.29, 0.717) is 28.1 Å². The number of aromatic carboxylic acids is 1. The van der Waals surface area contributed by atoms with Crippen LogP contribution in [0.25, 0.3) is 38.9 Å². The summed E-state index contributed by atoms with van der Waals surface area (Å²) >= 11 is 0. The Labute approximate surface area is 202 Å². The lowest BCUT2D eigenvalue weighted by Crippen LogP contribution is -2.10. The van der Waals surface area contributed by atoms with E-state index in [1.807, 2.05) is 14.0 Å². The number of aryl methyl sites for hydroxylation is 1. The number of nitrogen functional groups attached to an aromatic ring is 1. The third kappa shape index (κ3) is 3.17. The maximum absolute atomic E-state index is 11.7. The van der Waals surface area contributed by atoms with Gasteiger partial charge in [-0.1, -0.05) is 17.3 Å². The molecule has 0 aliphatic carbocycles. The zero-order valence-corrected chi connectivity index (χ0v) is 19.2. The number of carbonyl (C=O) groups is 1. The SMILES string of the molecule is CC(c1cn(-c2ccccc2C(=O)O)nn1)n1nc(-c2cncc3c2cnn3C)c2c(N)ncnc21. The second kappa shape index (κ2) is 7.94. The van der Waals surface area contributed by atoms with Crippen LogP contribution in [0.1, 0.15) is 29.0 Å². The molecule has 1 atom stereocenters. The molecule has 36 heavy (non-hydrogen) atoms. The predicted molar refractivity (Wildman–Crippen MR) is 129 cm³/mol. The van der Waals surface area contributed by atoms with Gasteiger partial charge in [0.15, 0.2) is 5.65 Å². The van der Waals surface area contributed by atoms with Crippen LogP contribution in [0, 0.1) is 0 Å². The number of fused-ring (bicyclic) bond motifs is 2. The highest BCUT2D eigenvalue weighted by Crippen LogP contribution is 2.35. The first-order valence-electron chi connectivity index (χ1n) is 10.9. The highest BCUT2D eigenvalue weighted by Gasteiger charge is 2.24. The number of hydrogen-bond acceptors (Lipinski definition) is 9. The number of nitrogens with two attached hydrogens (primary N) is 1. The summed E-state index contributed by atoms with van der Waals surface area (Å²) in [5.41, 5.74) is 10.1. The van der Waals surface area contributed by atoms with Gasteiger partial charge >= 0.3 is 5.97 Å². The Balaban J connectivity index is 1.50. The zero-order chi connectivity index (χ0) is 25.0. The lowest BCUT2D eigenvalue weighted by atomic mass is 10.1. The number of carboxylic acids is 1.